The molecule has 0 saturated heterocycles. The van der Waals surface area contributed by atoms with E-state index in [1.54, 1.807) is 11.7 Å². The third kappa shape index (κ3) is 3.82. The Morgan fingerprint density at radius 1 is 1.11 bits per heavy atom. The average Bonchev–Trinajstić information content (AvgIpc) is 3.42. The minimum atomic E-state index is -0.943. The monoisotopic (exact) mass is 486 g/mol. The predicted molar refractivity (Wildman–Crippen MR) is 138 cm³/mol. The SMILES string of the molecule is COc1cccc(C)c1-n1nc2c(c1-c1ccc3c(ccn3C(=O)C(C)(C)C)c1)CN(C(=O)O)CC2. The lowest BCUT2D eigenvalue weighted by atomic mass is 9.95. The first-order chi connectivity index (χ1) is 17.1. The minimum absolute atomic E-state index is 0.0226. The number of hydrogen-bond donors (Lipinski definition) is 1. The van der Waals surface area contributed by atoms with E-state index < -0.39 is 11.5 Å². The Balaban J connectivity index is 1.73. The summed E-state index contributed by atoms with van der Waals surface area (Å²) in [6.45, 7) is 8.39. The molecule has 0 bridgehead atoms. The van der Waals surface area contributed by atoms with E-state index in [1.165, 1.54) is 4.90 Å². The lowest BCUT2D eigenvalue weighted by Gasteiger charge is -2.24. The van der Waals surface area contributed by atoms with Gasteiger partial charge in [-0.05, 0) is 36.8 Å². The fraction of sp³-hybridized carbons (Fsp3) is 0.321. The van der Waals surface area contributed by atoms with Crippen molar-refractivity contribution in [1.29, 1.82) is 0 Å². The normalized spacial score (nSPS) is 13.6. The van der Waals surface area contributed by atoms with Crippen molar-refractivity contribution in [2.75, 3.05) is 13.7 Å². The first kappa shape index (κ1) is 23.7. The number of fused-ring (bicyclic) bond motifs is 2. The van der Waals surface area contributed by atoms with Crippen molar-refractivity contribution in [1.82, 2.24) is 19.2 Å². The first-order valence-corrected chi connectivity index (χ1v) is 12.0. The number of aryl methyl sites for hydroxylation is 1. The molecule has 186 valence electrons. The van der Waals surface area contributed by atoms with Crippen molar-refractivity contribution in [2.24, 2.45) is 5.41 Å². The van der Waals surface area contributed by atoms with Gasteiger partial charge in [0, 0.05) is 41.1 Å². The van der Waals surface area contributed by atoms with Gasteiger partial charge in [-0.1, -0.05) is 39.0 Å². The van der Waals surface area contributed by atoms with Gasteiger partial charge in [-0.2, -0.15) is 5.10 Å². The van der Waals surface area contributed by atoms with Crippen molar-refractivity contribution in [2.45, 2.75) is 40.7 Å². The van der Waals surface area contributed by atoms with Gasteiger partial charge in [0.05, 0.1) is 30.6 Å². The lowest BCUT2D eigenvalue weighted by molar-refractivity contribution is 0.0772. The summed E-state index contributed by atoms with van der Waals surface area (Å²) in [6.07, 6.45) is 1.40. The van der Waals surface area contributed by atoms with Crippen molar-refractivity contribution >= 4 is 22.9 Å². The van der Waals surface area contributed by atoms with Gasteiger partial charge in [0.25, 0.3) is 0 Å². The second-order valence-corrected chi connectivity index (χ2v) is 10.3. The van der Waals surface area contributed by atoms with E-state index in [4.69, 9.17) is 9.84 Å². The van der Waals surface area contributed by atoms with Crippen LogP contribution < -0.4 is 4.74 Å². The molecule has 4 aromatic rings. The molecule has 8 heteroatoms. The number of ether oxygens (including phenoxy) is 1. The molecule has 36 heavy (non-hydrogen) atoms. The van der Waals surface area contributed by atoms with E-state index in [2.05, 4.69) is 0 Å². The number of carbonyl (C=O) groups is 2. The van der Waals surface area contributed by atoms with Crippen LogP contribution in [0.2, 0.25) is 0 Å². The number of para-hydroxylation sites is 1. The summed E-state index contributed by atoms with van der Waals surface area (Å²) < 4.78 is 9.28. The molecule has 1 N–H and O–H groups in total. The zero-order chi connectivity index (χ0) is 25.8. The fourth-order valence-corrected chi connectivity index (χ4v) is 4.89. The maximum atomic E-state index is 13.0. The summed E-state index contributed by atoms with van der Waals surface area (Å²) in [5, 5.41) is 15.6. The van der Waals surface area contributed by atoms with E-state index in [0.29, 0.717) is 18.7 Å². The van der Waals surface area contributed by atoms with E-state index in [1.807, 2.05) is 81.0 Å². The number of carbonyl (C=O) groups excluding carboxylic acids is 1. The molecule has 2 aromatic heterocycles. The molecular formula is C28H30N4O4. The van der Waals surface area contributed by atoms with E-state index >= 15 is 0 Å². The first-order valence-electron chi connectivity index (χ1n) is 12.0. The van der Waals surface area contributed by atoms with Crippen LogP contribution in [0.3, 0.4) is 0 Å². The van der Waals surface area contributed by atoms with Gasteiger partial charge < -0.3 is 14.7 Å². The molecule has 5 rings (SSSR count). The Morgan fingerprint density at radius 3 is 2.58 bits per heavy atom. The molecule has 0 atom stereocenters. The van der Waals surface area contributed by atoms with Gasteiger partial charge >= 0.3 is 6.09 Å². The standard InChI is InChI=1S/C28H30N4O4/c1-17-7-6-8-23(36-5)24(17)32-25(20-16-30(27(34)35)13-12-21(20)29-32)19-9-10-22-18(15-19)11-14-31(22)26(33)28(2,3)4/h6-11,14-15H,12-13,16H2,1-5H3,(H,34,35). The van der Waals surface area contributed by atoms with E-state index in [0.717, 1.165) is 44.7 Å². The highest BCUT2D eigenvalue weighted by molar-refractivity contribution is 5.96. The van der Waals surface area contributed by atoms with Crippen LogP contribution >= 0.6 is 0 Å². The second kappa shape index (κ2) is 8.55. The molecule has 3 heterocycles. The Labute approximate surface area is 209 Å². The van der Waals surface area contributed by atoms with Crippen LogP contribution in [-0.4, -0.2) is 50.0 Å². The van der Waals surface area contributed by atoms with Crippen molar-refractivity contribution in [3.63, 3.8) is 0 Å². The average molecular weight is 487 g/mol. The van der Waals surface area contributed by atoms with Crippen LogP contribution in [0.5, 0.6) is 5.75 Å². The number of nitrogens with zero attached hydrogens (tertiary/aromatic N) is 4. The van der Waals surface area contributed by atoms with Crippen LogP contribution in [0.1, 0.15) is 42.4 Å². The van der Waals surface area contributed by atoms with Crippen LogP contribution in [0.15, 0.2) is 48.7 Å². The number of methoxy groups -OCH3 is 1. The molecule has 0 spiro atoms. The minimum Gasteiger partial charge on any atom is -0.494 e. The van der Waals surface area contributed by atoms with Gasteiger partial charge in [-0.25, -0.2) is 9.48 Å². The van der Waals surface area contributed by atoms with E-state index in [9.17, 15) is 14.7 Å². The quantitative estimate of drug-likeness (QED) is 0.411. The molecule has 0 saturated carbocycles. The summed E-state index contributed by atoms with van der Waals surface area (Å²) in [5.41, 5.74) is 5.64. The molecule has 8 nitrogen and oxygen atoms in total. The van der Waals surface area contributed by atoms with Crippen LogP contribution in [-0.2, 0) is 13.0 Å². The summed E-state index contributed by atoms with van der Waals surface area (Å²) in [5.74, 6) is 0.712. The molecule has 0 aliphatic carbocycles. The summed E-state index contributed by atoms with van der Waals surface area (Å²) in [4.78, 5) is 26.2. The zero-order valence-electron chi connectivity index (χ0n) is 21.2. The molecule has 2 aromatic carbocycles. The zero-order valence-corrected chi connectivity index (χ0v) is 21.2. The fourth-order valence-electron chi connectivity index (χ4n) is 4.89. The van der Waals surface area contributed by atoms with Crippen LogP contribution in [0.25, 0.3) is 27.8 Å². The van der Waals surface area contributed by atoms with Gasteiger partial charge in [0.2, 0.25) is 5.91 Å². The van der Waals surface area contributed by atoms with Crippen molar-refractivity contribution in [3.05, 3.63) is 65.5 Å². The summed E-state index contributed by atoms with van der Waals surface area (Å²) in [6, 6.07) is 13.8. The Bertz CT molecular complexity index is 1510. The molecule has 1 amide bonds. The highest BCUT2D eigenvalue weighted by Gasteiger charge is 2.30. The maximum Gasteiger partial charge on any atom is 0.407 e. The van der Waals surface area contributed by atoms with Crippen molar-refractivity contribution in [3.8, 4) is 22.7 Å². The number of benzene rings is 2. The highest BCUT2D eigenvalue weighted by Crippen LogP contribution is 2.38. The van der Waals surface area contributed by atoms with Crippen molar-refractivity contribution < 1.29 is 19.4 Å². The third-order valence-electron chi connectivity index (χ3n) is 6.76. The summed E-state index contributed by atoms with van der Waals surface area (Å²) in [7, 11) is 1.63. The number of hydrogen-bond acceptors (Lipinski definition) is 4. The molecule has 0 fully saturated rings. The highest BCUT2D eigenvalue weighted by atomic mass is 16.5. The maximum absolute atomic E-state index is 13.0. The Morgan fingerprint density at radius 2 is 1.89 bits per heavy atom. The Kier molecular flexibility index (Phi) is 5.62. The number of rotatable bonds is 3. The molecule has 1 aliphatic rings. The van der Waals surface area contributed by atoms with Gasteiger partial charge in [0.1, 0.15) is 11.4 Å². The molecule has 1 aliphatic heterocycles. The molecule has 0 unspecified atom stereocenters. The number of carboxylic acid groups (broad SMARTS) is 1. The summed E-state index contributed by atoms with van der Waals surface area (Å²) >= 11 is 0. The van der Waals surface area contributed by atoms with Gasteiger partial charge in [-0.3, -0.25) is 9.36 Å². The van der Waals surface area contributed by atoms with Crippen LogP contribution in [0.4, 0.5) is 4.79 Å². The van der Waals surface area contributed by atoms with E-state index in [-0.39, 0.29) is 12.5 Å². The third-order valence-corrected chi connectivity index (χ3v) is 6.76. The largest absolute Gasteiger partial charge is 0.494 e. The van der Waals surface area contributed by atoms with Gasteiger partial charge in [-0.15, -0.1) is 0 Å². The topological polar surface area (TPSA) is 89.6 Å². The number of aromatic nitrogens is 3. The number of amides is 1. The Hall–Kier alpha value is -4.07. The smallest absolute Gasteiger partial charge is 0.407 e. The van der Waals surface area contributed by atoms with Gasteiger partial charge in [0.15, 0.2) is 0 Å². The lowest BCUT2D eigenvalue weighted by Crippen LogP contribution is -2.34. The second-order valence-electron chi connectivity index (χ2n) is 10.3. The van der Waals surface area contributed by atoms with Crippen LogP contribution in [0, 0.1) is 12.3 Å². The predicted octanol–water partition coefficient (Wildman–Crippen LogP) is 5.53. The molecule has 0 radical (unpaired) electrons. The molecular weight excluding hydrogens is 456 g/mol.